The molecule has 3 saturated heterocycles. The summed E-state index contributed by atoms with van der Waals surface area (Å²) in [6, 6.07) is 0. The van der Waals surface area contributed by atoms with Gasteiger partial charge in [-0.15, -0.1) is 0 Å². The monoisotopic (exact) mass is 329 g/mol. The molecule has 0 aromatic heterocycles. The zero-order valence-corrected chi connectivity index (χ0v) is 12.1. The molecule has 3 rings (SSSR count). The summed E-state index contributed by atoms with van der Waals surface area (Å²) in [5, 5.41) is 5.18. The number of alkyl halides is 4. The van der Waals surface area contributed by atoms with Gasteiger partial charge in [0.1, 0.15) is 5.54 Å². The van der Waals surface area contributed by atoms with Gasteiger partial charge in [-0.3, -0.25) is 15.5 Å². The van der Waals surface area contributed by atoms with Crippen LogP contribution in [0.1, 0.15) is 0 Å². The molecule has 0 amide bonds. The van der Waals surface area contributed by atoms with Crippen molar-refractivity contribution in [1.29, 1.82) is 0 Å². The highest BCUT2D eigenvalue weighted by Gasteiger charge is 2.77. The van der Waals surface area contributed by atoms with E-state index in [4.69, 9.17) is 14.2 Å². The van der Waals surface area contributed by atoms with Gasteiger partial charge in [0.25, 0.3) is 12.9 Å². The minimum atomic E-state index is -3.04. The summed E-state index contributed by atoms with van der Waals surface area (Å²) in [6.45, 7) is -0.159. The van der Waals surface area contributed by atoms with Crippen molar-refractivity contribution in [2.24, 2.45) is 0 Å². The van der Waals surface area contributed by atoms with E-state index in [-0.39, 0.29) is 39.6 Å². The van der Waals surface area contributed by atoms with Gasteiger partial charge in [-0.05, 0) is 7.05 Å². The molecule has 0 saturated carbocycles. The van der Waals surface area contributed by atoms with E-state index in [2.05, 4.69) is 10.6 Å². The normalized spacial score (nSPS) is 39.4. The largest absolute Gasteiger partial charge is 0.364 e. The van der Waals surface area contributed by atoms with Crippen LogP contribution in [0.2, 0.25) is 0 Å². The quantitative estimate of drug-likeness (QED) is 0.697. The molecule has 2 N–H and O–H groups in total. The van der Waals surface area contributed by atoms with Crippen molar-refractivity contribution < 1.29 is 31.8 Å². The lowest BCUT2D eigenvalue weighted by molar-refractivity contribution is -0.282. The van der Waals surface area contributed by atoms with Gasteiger partial charge >= 0.3 is 0 Å². The van der Waals surface area contributed by atoms with E-state index in [1.165, 1.54) is 11.9 Å². The van der Waals surface area contributed by atoms with E-state index in [1.807, 2.05) is 0 Å². The summed E-state index contributed by atoms with van der Waals surface area (Å²) in [5.41, 5.74) is -6.51. The molecule has 0 bridgehead atoms. The van der Waals surface area contributed by atoms with Gasteiger partial charge < -0.3 is 14.2 Å². The molecule has 3 fully saturated rings. The molecule has 0 aromatic carbocycles. The van der Waals surface area contributed by atoms with Crippen molar-refractivity contribution in [1.82, 2.24) is 15.5 Å². The Hall–Kier alpha value is -0.520. The van der Waals surface area contributed by atoms with Crippen LogP contribution >= 0.6 is 0 Å². The zero-order chi connectivity index (χ0) is 16.0. The maximum Gasteiger partial charge on any atom is 0.282 e. The Morgan fingerprint density at radius 3 is 1.73 bits per heavy atom. The lowest BCUT2D eigenvalue weighted by Crippen LogP contribution is -2.84. The minimum absolute atomic E-state index is 0.000746. The van der Waals surface area contributed by atoms with Gasteiger partial charge in [-0.2, -0.15) is 0 Å². The van der Waals surface area contributed by atoms with Crippen molar-refractivity contribution in [3.05, 3.63) is 0 Å². The summed E-state index contributed by atoms with van der Waals surface area (Å²) < 4.78 is 71.7. The first kappa shape index (κ1) is 16.3. The highest BCUT2D eigenvalue weighted by Crippen LogP contribution is 2.50. The molecule has 0 radical (unpaired) electrons. The fourth-order valence-electron chi connectivity index (χ4n) is 3.78. The first-order chi connectivity index (χ1) is 10.4. The van der Waals surface area contributed by atoms with E-state index in [0.29, 0.717) is 0 Å². The average molecular weight is 329 g/mol. The van der Waals surface area contributed by atoms with Gasteiger partial charge in [-0.1, -0.05) is 0 Å². The summed E-state index contributed by atoms with van der Waals surface area (Å²) in [7, 11) is 1.45. The number of hydrogen-bond donors (Lipinski definition) is 2. The second-order valence-electron chi connectivity index (χ2n) is 5.66. The van der Waals surface area contributed by atoms with Crippen LogP contribution in [0.5, 0.6) is 0 Å². The number of ether oxygens (including phenoxy) is 3. The van der Waals surface area contributed by atoms with E-state index in [9.17, 15) is 17.6 Å². The molecule has 3 heterocycles. The molecule has 0 aromatic rings. The summed E-state index contributed by atoms with van der Waals surface area (Å²) >= 11 is 0. The average Bonchev–Trinajstić information content (AvgIpc) is 3.18. The van der Waals surface area contributed by atoms with Crippen molar-refractivity contribution in [3.8, 4) is 0 Å². The van der Waals surface area contributed by atoms with Crippen LogP contribution in [0.15, 0.2) is 0 Å². The van der Waals surface area contributed by atoms with E-state index >= 15 is 0 Å². The number of rotatable bonds is 4. The molecule has 6 nitrogen and oxygen atoms in total. The van der Waals surface area contributed by atoms with Crippen molar-refractivity contribution in [3.63, 3.8) is 0 Å². The molecular formula is C12H19F4N3O3. The number of halogens is 4. The second-order valence-corrected chi connectivity index (χ2v) is 5.66. The Balaban J connectivity index is 2.17. The SMILES string of the molecule is CN1COCC1([C@]1(C(F)F)NCCO1)[C@]1(C(F)F)NCCO1. The Kier molecular flexibility index (Phi) is 4.11. The first-order valence-electron chi connectivity index (χ1n) is 7.06. The Labute approximate surface area is 125 Å². The lowest BCUT2D eigenvalue weighted by Gasteiger charge is -2.55. The number of nitrogens with zero attached hydrogens (tertiary/aromatic N) is 1. The fraction of sp³-hybridized carbons (Fsp3) is 1.00. The topological polar surface area (TPSA) is 55.0 Å². The van der Waals surface area contributed by atoms with Crippen LogP contribution in [0.3, 0.4) is 0 Å². The summed E-state index contributed by atoms with van der Waals surface area (Å²) in [4.78, 5) is 1.32. The molecule has 0 aliphatic carbocycles. The van der Waals surface area contributed by atoms with E-state index in [0.717, 1.165) is 0 Å². The number of nitrogens with one attached hydrogen (secondary N) is 2. The van der Waals surface area contributed by atoms with Gasteiger partial charge in [0.05, 0.1) is 26.6 Å². The van der Waals surface area contributed by atoms with Crippen LogP contribution in [0, 0.1) is 0 Å². The molecule has 128 valence electrons. The van der Waals surface area contributed by atoms with Crippen LogP contribution in [0.25, 0.3) is 0 Å². The first-order valence-corrected chi connectivity index (χ1v) is 7.06. The molecule has 0 unspecified atom stereocenters. The number of likely N-dealkylation sites (N-methyl/N-ethyl adjacent to an activating group) is 1. The molecule has 3 aliphatic heterocycles. The van der Waals surface area contributed by atoms with Gasteiger partial charge in [-0.25, -0.2) is 17.6 Å². The lowest BCUT2D eigenvalue weighted by atomic mass is 9.76. The van der Waals surface area contributed by atoms with Crippen molar-refractivity contribution in [2.45, 2.75) is 29.8 Å². The predicted molar refractivity (Wildman–Crippen MR) is 66.7 cm³/mol. The van der Waals surface area contributed by atoms with E-state index in [1.54, 1.807) is 0 Å². The van der Waals surface area contributed by atoms with Crippen molar-refractivity contribution >= 4 is 0 Å². The van der Waals surface area contributed by atoms with Gasteiger partial charge in [0.15, 0.2) is 0 Å². The van der Waals surface area contributed by atoms with Crippen molar-refractivity contribution in [2.75, 3.05) is 46.7 Å². The molecule has 2 atom stereocenters. The van der Waals surface area contributed by atoms with Gasteiger partial charge in [0.2, 0.25) is 11.4 Å². The highest BCUT2D eigenvalue weighted by atomic mass is 19.3. The smallest absolute Gasteiger partial charge is 0.282 e. The van der Waals surface area contributed by atoms with Crippen LogP contribution < -0.4 is 10.6 Å². The minimum Gasteiger partial charge on any atom is -0.364 e. The maximum absolute atomic E-state index is 14.0. The Morgan fingerprint density at radius 1 is 0.955 bits per heavy atom. The molecule has 0 spiro atoms. The standard InChI is InChI=1S/C12H19F4N3O3/c1-19-7-20-6-10(19,11(8(13)14)17-2-4-21-11)12(9(15)16)18-3-5-22-12/h8-9,17-18H,2-7H2,1H3/t11-,12-/m1/s1. The molecule has 10 heteroatoms. The van der Waals surface area contributed by atoms with Crippen LogP contribution in [0.4, 0.5) is 17.6 Å². The second kappa shape index (κ2) is 5.53. The van der Waals surface area contributed by atoms with E-state index < -0.39 is 29.8 Å². The zero-order valence-electron chi connectivity index (χ0n) is 12.1. The maximum atomic E-state index is 14.0. The third-order valence-corrected chi connectivity index (χ3v) is 4.73. The Morgan fingerprint density at radius 2 is 1.45 bits per heavy atom. The summed E-state index contributed by atoms with van der Waals surface area (Å²) in [6.07, 6.45) is -6.08. The summed E-state index contributed by atoms with van der Waals surface area (Å²) in [5.74, 6) is 0. The molecule has 22 heavy (non-hydrogen) atoms. The molecular weight excluding hydrogens is 310 g/mol. The molecule has 3 aliphatic rings. The Bertz CT molecular complexity index is 386. The highest BCUT2D eigenvalue weighted by molar-refractivity contribution is 5.22. The van der Waals surface area contributed by atoms with Crippen LogP contribution in [-0.2, 0) is 14.2 Å². The third kappa shape index (κ3) is 1.82. The van der Waals surface area contributed by atoms with Gasteiger partial charge in [0, 0.05) is 13.1 Å². The predicted octanol–water partition coefficient (Wildman–Crippen LogP) is -0.193. The fourth-order valence-corrected chi connectivity index (χ4v) is 3.78. The van der Waals surface area contributed by atoms with Crippen LogP contribution in [-0.4, -0.2) is 81.4 Å². The number of hydrogen-bond acceptors (Lipinski definition) is 6. The third-order valence-electron chi connectivity index (χ3n) is 4.73.